The van der Waals surface area contributed by atoms with Gasteiger partial charge >= 0.3 is 0 Å². The summed E-state index contributed by atoms with van der Waals surface area (Å²) in [6.07, 6.45) is 4.48. The third-order valence-electron chi connectivity index (χ3n) is 4.13. The molecule has 1 atom stereocenters. The average molecular weight is 276 g/mol. The zero-order valence-electron chi connectivity index (χ0n) is 12.3. The maximum Gasteiger partial charge on any atom is 0.217 e. The number of hydrogen-bond acceptors (Lipinski definition) is 4. The van der Waals surface area contributed by atoms with Crippen LogP contribution in [0, 0.1) is 5.92 Å². The molecule has 1 fully saturated rings. The Kier molecular flexibility index (Phi) is 4.95. The van der Waals surface area contributed by atoms with Crippen molar-refractivity contribution in [2.45, 2.75) is 32.2 Å². The van der Waals surface area contributed by atoms with Crippen LogP contribution >= 0.6 is 0 Å². The molecule has 5 nitrogen and oxygen atoms in total. The summed E-state index contributed by atoms with van der Waals surface area (Å²) in [6.45, 7) is 4.02. The summed E-state index contributed by atoms with van der Waals surface area (Å²) in [5, 5.41) is 3.21. The van der Waals surface area contributed by atoms with E-state index in [0.29, 0.717) is 18.4 Å². The van der Waals surface area contributed by atoms with E-state index in [-0.39, 0.29) is 5.91 Å². The van der Waals surface area contributed by atoms with Gasteiger partial charge in [0.25, 0.3) is 0 Å². The number of nitrogens with one attached hydrogen (secondary N) is 1. The van der Waals surface area contributed by atoms with Crippen molar-refractivity contribution in [2.75, 3.05) is 25.0 Å². The van der Waals surface area contributed by atoms with Gasteiger partial charge in [0, 0.05) is 31.7 Å². The minimum Gasteiger partial charge on any atom is -0.370 e. The topological polar surface area (TPSA) is 71.2 Å². The molecule has 20 heavy (non-hydrogen) atoms. The fourth-order valence-electron chi connectivity index (χ4n) is 2.66. The summed E-state index contributed by atoms with van der Waals surface area (Å²) in [5.74, 6) is 1.27. The lowest BCUT2D eigenvalue weighted by atomic mass is 9.93. The predicted octanol–water partition coefficient (Wildman–Crippen LogP) is 1.45. The minimum absolute atomic E-state index is 0.188. The van der Waals surface area contributed by atoms with Gasteiger partial charge < -0.3 is 16.0 Å². The largest absolute Gasteiger partial charge is 0.370 e. The van der Waals surface area contributed by atoms with E-state index in [1.165, 1.54) is 5.56 Å². The van der Waals surface area contributed by atoms with Crippen molar-refractivity contribution in [1.29, 1.82) is 0 Å². The molecule has 1 aliphatic rings. The Morgan fingerprint density at radius 2 is 2.20 bits per heavy atom. The summed E-state index contributed by atoms with van der Waals surface area (Å²) in [6, 6.07) is 4.52. The fraction of sp³-hybridized carbons (Fsp3) is 0.600. The molecule has 0 spiro atoms. The van der Waals surface area contributed by atoms with Gasteiger partial charge in [0.2, 0.25) is 5.91 Å². The van der Waals surface area contributed by atoms with E-state index in [0.717, 1.165) is 31.7 Å². The molecular weight excluding hydrogens is 252 g/mol. The van der Waals surface area contributed by atoms with Crippen LogP contribution in [-0.2, 0) is 4.79 Å². The van der Waals surface area contributed by atoms with Crippen LogP contribution in [0.2, 0.25) is 0 Å². The molecule has 110 valence electrons. The van der Waals surface area contributed by atoms with Crippen molar-refractivity contribution in [2.24, 2.45) is 11.7 Å². The molecule has 1 aliphatic heterocycles. The monoisotopic (exact) mass is 276 g/mol. The lowest BCUT2D eigenvalue weighted by Crippen LogP contribution is -2.35. The fourth-order valence-corrected chi connectivity index (χ4v) is 2.66. The van der Waals surface area contributed by atoms with Crippen molar-refractivity contribution in [3.8, 4) is 0 Å². The lowest BCUT2D eigenvalue weighted by Gasteiger charge is -2.32. The first-order chi connectivity index (χ1) is 9.60. The Labute approximate surface area is 120 Å². The van der Waals surface area contributed by atoms with Crippen LogP contribution in [0.5, 0.6) is 0 Å². The molecule has 1 unspecified atom stereocenters. The predicted molar refractivity (Wildman–Crippen MR) is 80.5 cm³/mol. The molecular formula is C15H24N4O. The maximum absolute atomic E-state index is 10.9. The van der Waals surface area contributed by atoms with Crippen LogP contribution in [0.4, 0.5) is 5.82 Å². The normalized spacial score (nSPS) is 18.0. The smallest absolute Gasteiger partial charge is 0.217 e. The Morgan fingerprint density at radius 3 is 2.70 bits per heavy atom. The Morgan fingerprint density at radius 1 is 1.50 bits per heavy atom. The first kappa shape index (κ1) is 14.8. The molecule has 1 aromatic rings. The molecule has 0 bridgehead atoms. The van der Waals surface area contributed by atoms with E-state index in [2.05, 4.69) is 34.3 Å². The van der Waals surface area contributed by atoms with E-state index in [1.54, 1.807) is 0 Å². The van der Waals surface area contributed by atoms with Crippen molar-refractivity contribution in [3.63, 3.8) is 0 Å². The molecule has 2 rings (SSSR count). The standard InChI is InChI=1S/C15H24N4O/c1-11(17-2)13-3-4-15(18-10-13)19-7-5-12(6-8-19)9-14(16)20/h3-4,10-12,17H,5-9H2,1-2H3,(H2,16,20). The number of amides is 1. The summed E-state index contributed by atoms with van der Waals surface area (Å²) < 4.78 is 0. The van der Waals surface area contributed by atoms with Crippen LogP contribution in [0.3, 0.4) is 0 Å². The van der Waals surface area contributed by atoms with Crippen LogP contribution in [0.1, 0.15) is 37.8 Å². The van der Waals surface area contributed by atoms with Crippen LogP contribution in [0.25, 0.3) is 0 Å². The molecule has 0 aliphatic carbocycles. The second kappa shape index (κ2) is 6.70. The van der Waals surface area contributed by atoms with Crippen LogP contribution in [0.15, 0.2) is 18.3 Å². The van der Waals surface area contributed by atoms with Gasteiger partial charge in [0.1, 0.15) is 5.82 Å². The van der Waals surface area contributed by atoms with Gasteiger partial charge in [-0.2, -0.15) is 0 Å². The number of hydrogen-bond donors (Lipinski definition) is 2. The molecule has 5 heteroatoms. The number of rotatable bonds is 5. The highest BCUT2D eigenvalue weighted by molar-refractivity contribution is 5.74. The number of carbonyl (C=O) groups is 1. The second-order valence-electron chi connectivity index (χ2n) is 5.56. The highest BCUT2D eigenvalue weighted by Crippen LogP contribution is 2.24. The second-order valence-corrected chi connectivity index (χ2v) is 5.56. The Balaban J connectivity index is 1.92. The highest BCUT2D eigenvalue weighted by atomic mass is 16.1. The third-order valence-corrected chi connectivity index (χ3v) is 4.13. The van der Waals surface area contributed by atoms with E-state index in [9.17, 15) is 4.79 Å². The zero-order chi connectivity index (χ0) is 14.5. The lowest BCUT2D eigenvalue weighted by molar-refractivity contribution is -0.119. The molecule has 1 saturated heterocycles. The number of piperidine rings is 1. The molecule has 0 saturated carbocycles. The Bertz CT molecular complexity index is 438. The first-order valence-electron chi connectivity index (χ1n) is 7.26. The minimum atomic E-state index is -0.188. The van der Waals surface area contributed by atoms with Crippen molar-refractivity contribution in [3.05, 3.63) is 23.9 Å². The molecule has 2 heterocycles. The van der Waals surface area contributed by atoms with E-state index in [4.69, 9.17) is 5.73 Å². The number of carbonyl (C=O) groups excluding carboxylic acids is 1. The number of pyridine rings is 1. The number of aromatic nitrogens is 1. The maximum atomic E-state index is 10.9. The van der Waals surface area contributed by atoms with E-state index >= 15 is 0 Å². The van der Waals surface area contributed by atoms with Gasteiger partial charge in [-0.05, 0) is 44.4 Å². The van der Waals surface area contributed by atoms with E-state index < -0.39 is 0 Å². The summed E-state index contributed by atoms with van der Waals surface area (Å²) in [7, 11) is 1.95. The number of nitrogens with two attached hydrogens (primary N) is 1. The molecule has 1 amide bonds. The van der Waals surface area contributed by atoms with Crippen molar-refractivity contribution in [1.82, 2.24) is 10.3 Å². The van der Waals surface area contributed by atoms with Crippen molar-refractivity contribution < 1.29 is 4.79 Å². The van der Waals surface area contributed by atoms with E-state index in [1.807, 2.05) is 13.2 Å². The molecule has 0 radical (unpaired) electrons. The highest BCUT2D eigenvalue weighted by Gasteiger charge is 2.21. The van der Waals surface area contributed by atoms with Gasteiger partial charge in [-0.25, -0.2) is 4.98 Å². The van der Waals surface area contributed by atoms with Gasteiger partial charge in [-0.3, -0.25) is 4.79 Å². The van der Waals surface area contributed by atoms with Gasteiger partial charge in [0.15, 0.2) is 0 Å². The summed E-state index contributed by atoms with van der Waals surface area (Å²) >= 11 is 0. The molecule has 1 aromatic heterocycles. The SMILES string of the molecule is CNC(C)c1ccc(N2CCC(CC(N)=O)CC2)nc1. The average Bonchev–Trinajstić information content (AvgIpc) is 2.47. The summed E-state index contributed by atoms with van der Waals surface area (Å²) in [4.78, 5) is 17.8. The van der Waals surface area contributed by atoms with Crippen molar-refractivity contribution >= 4 is 11.7 Å². The third kappa shape index (κ3) is 3.70. The number of nitrogens with zero attached hydrogens (tertiary/aromatic N) is 2. The van der Waals surface area contributed by atoms with Gasteiger partial charge in [0.05, 0.1) is 0 Å². The summed E-state index contributed by atoms with van der Waals surface area (Å²) in [5.41, 5.74) is 6.45. The zero-order valence-corrected chi connectivity index (χ0v) is 12.3. The van der Waals surface area contributed by atoms with Crippen LogP contribution in [-0.4, -0.2) is 31.0 Å². The molecule has 3 N–H and O–H groups in total. The van der Waals surface area contributed by atoms with Crippen LogP contribution < -0.4 is 16.0 Å². The van der Waals surface area contributed by atoms with Gasteiger partial charge in [-0.15, -0.1) is 0 Å². The van der Waals surface area contributed by atoms with Gasteiger partial charge in [-0.1, -0.05) is 6.07 Å². The number of anilines is 1. The molecule has 0 aromatic carbocycles. The quantitative estimate of drug-likeness (QED) is 0.854. The first-order valence-corrected chi connectivity index (χ1v) is 7.26. The Hall–Kier alpha value is -1.62. The number of primary amides is 1.